The summed E-state index contributed by atoms with van der Waals surface area (Å²) in [5.74, 6) is -2.93. The van der Waals surface area contributed by atoms with Gasteiger partial charge in [0.1, 0.15) is 24.1 Å². The molecular weight excluding hydrogens is 462 g/mol. The van der Waals surface area contributed by atoms with Crippen molar-refractivity contribution in [2.75, 3.05) is 25.5 Å². The van der Waals surface area contributed by atoms with Crippen molar-refractivity contribution in [2.24, 2.45) is 0 Å². The second-order valence-electron chi connectivity index (χ2n) is 9.33. The number of ether oxygens (including phenoxy) is 6. The molecule has 0 unspecified atom stereocenters. The summed E-state index contributed by atoms with van der Waals surface area (Å²) in [6.45, 7) is 6.31. The van der Waals surface area contributed by atoms with Crippen LogP contribution in [0.25, 0.3) is 0 Å². The first kappa shape index (κ1) is 25.3. The predicted octanol–water partition coefficient (Wildman–Crippen LogP) is 0.263. The van der Waals surface area contributed by atoms with Crippen molar-refractivity contribution in [3.63, 3.8) is 0 Å². The van der Waals surface area contributed by atoms with Gasteiger partial charge in [0, 0.05) is 0 Å². The van der Waals surface area contributed by atoms with E-state index >= 15 is 0 Å². The van der Waals surface area contributed by atoms with Crippen LogP contribution in [0.1, 0.15) is 27.7 Å². The Morgan fingerprint density at radius 2 is 1.49 bits per heavy atom. The molecule has 12 heteroatoms. The van der Waals surface area contributed by atoms with Crippen LogP contribution < -0.4 is 20.7 Å². The van der Waals surface area contributed by atoms with Crippen molar-refractivity contribution in [2.45, 2.75) is 70.0 Å². The number of hydrogen-bond donors (Lipinski definition) is 3. The van der Waals surface area contributed by atoms with Crippen LogP contribution in [-0.2, 0) is 38.1 Å². The largest absolute Gasteiger partial charge is 0.495 e. The average molecular weight is 494 g/mol. The molecule has 3 N–H and O–H groups in total. The van der Waals surface area contributed by atoms with Gasteiger partial charge in [0.15, 0.2) is 24.0 Å². The van der Waals surface area contributed by atoms with Crippen LogP contribution in [0.3, 0.4) is 0 Å². The molecule has 3 fully saturated rings. The molecule has 192 valence electrons. The van der Waals surface area contributed by atoms with E-state index in [0.717, 1.165) is 0 Å². The maximum atomic E-state index is 12.9. The van der Waals surface area contributed by atoms with Gasteiger partial charge in [-0.25, -0.2) is 0 Å². The summed E-state index contributed by atoms with van der Waals surface area (Å²) in [7, 11) is 1.49. The van der Waals surface area contributed by atoms with E-state index in [1.807, 2.05) is 0 Å². The van der Waals surface area contributed by atoms with Gasteiger partial charge in [-0.15, -0.1) is 0 Å². The summed E-state index contributed by atoms with van der Waals surface area (Å²) in [5, 5.41) is 7.63. The second-order valence-corrected chi connectivity index (χ2v) is 9.33. The molecule has 3 amide bonds. The van der Waals surface area contributed by atoms with Crippen molar-refractivity contribution in [3.05, 3.63) is 24.3 Å². The van der Waals surface area contributed by atoms with Crippen LogP contribution >= 0.6 is 0 Å². The van der Waals surface area contributed by atoms with Crippen molar-refractivity contribution in [1.29, 1.82) is 0 Å². The average Bonchev–Trinajstić information content (AvgIpc) is 3.29. The minimum Gasteiger partial charge on any atom is -0.495 e. The third-order valence-electron chi connectivity index (χ3n) is 5.66. The van der Waals surface area contributed by atoms with Crippen LogP contribution in [0.15, 0.2) is 24.3 Å². The van der Waals surface area contributed by atoms with Gasteiger partial charge < -0.3 is 44.4 Å². The molecular formula is C23H31N3O9. The Morgan fingerprint density at radius 3 is 2.23 bits per heavy atom. The van der Waals surface area contributed by atoms with Gasteiger partial charge in [-0.3, -0.25) is 14.4 Å². The fraction of sp³-hybridized carbons (Fsp3) is 0.609. The number of hydrogen-bond acceptors (Lipinski definition) is 9. The Labute approximate surface area is 202 Å². The van der Waals surface area contributed by atoms with Crippen LogP contribution in [0, 0.1) is 0 Å². The molecule has 0 spiro atoms. The molecule has 1 aromatic carbocycles. The lowest BCUT2D eigenvalue weighted by atomic mass is 9.98. The normalized spacial score (nSPS) is 30.0. The molecule has 0 radical (unpaired) electrons. The van der Waals surface area contributed by atoms with Gasteiger partial charge in [-0.2, -0.15) is 0 Å². The minimum atomic E-state index is -1.08. The Balaban J connectivity index is 1.29. The Morgan fingerprint density at radius 1 is 0.857 bits per heavy atom. The van der Waals surface area contributed by atoms with Crippen molar-refractivity contribution in [3.8, 4) is 5.75 Å². The van der Waals surface area contributed by atoms with Gasteiger partial charge in [-0.05, 0) is 39.8 Å². The zero-order valence-corrected chi connectivity index (χ0v) is 20.3. The van der Waals surface area contributed by atoms with E-state index in [2.05, 4.69) is 16.0 Å². The van der Waals surface area contributed by atoms with Gasteiger partial charge in [0.25, 0.3) is 5.91 Å². The van der Waals surface area contributed by atoms with E-state index in [1.165, 1.54) is 7.11 Å². The molecule has 4 rings (SSSR count). The highest BCUT2D eigenvalue weighted by Crippen LogP contribution is 2.44. The maximum absolute atomic E-state index is 12.9. The first-order valence-corrected chi connectivity index (χ1v) is 11.3. The van der Waals surface area contributed by atoms with Crippen molar-refractivity contribution >= 4 is 23.4 Å². The van der Waals surface area contributed by atoms with E-state index in [-0.39, 0.29) is 13.1 Å². The fourth-order valence-electron chi connectivity index (χ4n) is 4.27. The third-order valence-corrected chi connectivity index (χ3v) is 5.66. The van der Waals surface area contributed by atoms with E-state index < -0.39 is 60.0 Å². The van der Waals surface area contributed by atoms with Crippen LogP contribution in [0.4, 0.5) is 5.69 Å². The number of amides is 3. The predicted molar refractivity (Wildman–Crippen MR) is 120 cm³/mol. The van der Waals surface area contributed by atoms with E-state index in [0.29, 0.717) is 11.4 Å². The number of anilines is 1. The Kier molecular flexibility index (Phi) is 7.02. The smallest absolute Gasteiger partial charge is 0.252 e. The number of rotatable bonds is 7. The standard InChI is InChI=1S/C23H31N3O9/c1-22(2)32-16-17(33-22)19-21(35-23(3,4)34-19)31-18(16)20(29)25-10-14(27)24-11-15(28)26-12-8-6-7-9-13(12)30-5/h6-9,16-19,21H,10-11H2,1-5H3,(H,24,27)(H,25,29)(H,26,28)/t16-,17-,18-,19-,21-/m1/s1. The second kappa shape index (κ2) is 9.70. The van der Waals surface area contributed by atoms with Crippen LogP contribution in [0.2, 0.25) is 0 Å². The number of fused-ring (bicyclic) bond motifs is 3. The summed E-state index contributed by atoms with van der Waals surface area (Å²) in [5.41, 5.74) is 0.479. The van der Waals surface area contributed by atoms with Gasteiger partial charge >= 0.3 is 0 Å². The number of para-hydroxylation sites is 2. The lowest BCUT2D eigenvalue weighted by Gasteiger charge is -2.36. The van der Waals surface area contributed by atoms with Gasteiger partial charge in [-0.1, -0.05) is 12.1 Å². The lowest BCUT2D eigenvalue weighted by molar-refractivity contribution is -0.231. The molecule has 3 aliphatic heterocycles. The number of carbonyl (C=O) groups excluding carboxylic acids is 3. The highest BCUT2D eigenvalue weighted by Gasteiger charge is 2.62. The van der Waals surface area contributed by atoms with E-state index in [9.17, 15) is 14.4 Å². The van der Waals surface area contributed by atoms with Crippen molar-refractivity contribution < 1.29 is 42.8 Å². The molecule has 12 nitrogen and oxygen atoms in total. The topological polar surface area (TPSA) is 143 Å². The molecule has 3 aliphatic rings. The molecule has 0 aromatic heterocycles. The number of nitrogens with one attached hydrogen (secondary N) is 3. The van der Waals surface area contributed by atoms with E-state index in [1.54, 1.807) is 52.0 Å². The maximum Gasteiger partial charge on any atom is 0.252 e. The summed E-state index contributed by atoms with van der Waals surface area (Å²) in [6.07, 6.45) is -3.81. The molecule has 0 saturated carbocycles. The SMILES string of the molecule is COc1ccccc1NC(=O)CNC(=O)CNC(=O)[C@@H]1O[C@@H]2OC(C)(C)O[C@@H]2[C@@H]2OC(C)(C)O[C@H]21. The summed E-state index contributed by atoms with van der Waals surface area (Å²) < 4.78 is 34.6. The van der Waals surface area contributed by atoms with E-state index in [4.69, 9.17) is 28.4 Å². The number of carbonyl (C=O) groups is 3. The summed E-state index contributed by atoms with van der Waals surface area (Å²) in [4.78, 5) is 37.3. The molecule has 1 aromatic rings. The minimum absolute atomic E-state index is 0.285. The van der Waals surface area contributed by atoms with Crippen LogP contribution in [-0.4, -0.2) is 80.2 Å². The number of methoxy groups -OCH3 is 1. The van der Waals surface area contributed by atoms with Crippen LogP contribution in [0.5, 0.6) is 5.75 Å². The first-order valence-electron chi connectivity index (χ1n) is 11.3. The monoisotopic (exact) mass is 493 g/mol. The van der Waals surface area contributed by atoms with Gasteiger partial charge in [0.2, 0.25) is 11.8 Å². The first-order chi connectivity index (χ1) is 16.5. The highest BCUT2D eigenvalue weighted by atomic mass is 16.9. The Hall–Kier alpha value is -2.77. The molecule has 0 bridgehead atoms. The molecule has 5 atom stereocenters. The quantitative estimate of drug-likeness (QED) is 0.487. The van der Waals surface area contributed by atoms with Crippen molar-refractivity contribution in [1.82, 2.24) is 10.6 Å². The Bertz CT molecular complexity index is 983. The number of benzene rings is 1. The third kappa shape index (κ3) is 5.73. The van der Waals surface area contributed by atoms with Gasteiger partial charge in [0.05, 0.1) is 25.9 Å². The zero-order chi connectivity index (χ0) is 25.4. The lowest BCUT2D eigenvalue weighted by Crippen LogP contribution is -2.60. The zero-order valence-electron chi connectivity index (χ0n) is 20.3. The highest BCUT2D eigenvalue weighted by molar-refractivity contribution is 5.96. The summed E-state index contributed by atoms with van der Waals surface area (Å²) >= 11 is 0. The summed E-state index contributed by atoms with van der Waals surface area (Å²) in [6, 6.07) is 6.90. The molecule has 35 heavy (non-hydrogen) atoms. The molecule has 0 aliphatic carbocycles. The molecule has 3 heterocycles. The molecule has 3 saturated heterocycles. The fourth-order valence-corrected chi connectivity index (χ4v) is 4.27.